The highest BCUT2D eigenvalue weighted by Crippen LogP contribution is 2.18. The van der Waals surface area contributed by atoms with Gasteiger partial charge in [-0.1, -0.05) is 0 Å². The van der Waals surface area contributed by atoms with Crippen molar-refractivity contribution >= 4 is 17.5 Å². The molecule has 24 heavy (non-hydrogen) atoms. The summed E-state index contributed by atoms with van der Waals surface area (Å²) in [5.74, 6) is 0.984. The second-order valence-electron chi connectivity index (χ2n) is 6.11. The van der Waals surface area contributed by atoms with Crippen molar-refractivity contribution in [3.63, 3.8) is 0 Å². The summed E-state index contributed by atoms with van der Waals surface area (Å²) < 4.78 is 1.75. The third-order valence-corrected chi connectivity index (χ3v) is 4.14. The fourth-order valence-electron chi connectivity index (χ4n) is 2.87. The van der Waals surface area contributed by atoms with E-state index in [9.17, 15) is 4.79 Å². The lowest BCUT2D eigenvalue weighted by Crippen LogP contribution is -2.31. The van der Waals surface area contributed by atoms with Crippen molar-refractivity contribution in [2.45, 2.75) is 25.7 Å². The van der Waals surface area contributed by atoms with Gasteiger partial charge in [0.2, 0.25) is 0 Å². The van der Waals surface area contributed by atoms with Crippen molar-refractivity contribution in [2.75, 3.05) is 29.9 Å². The Kier molecular flexibility index (Phi) is 5.30. The zero-order valence-corrected chi connectivity index (χ0v) is 14.0. The van der Waals surface area contributed by atoms with E-state index in [1.54, 1.807) is 10.9 Å². The van der Waals surface area contributed by atoms with Crippen LogP contribution in [0.1, 0.15) is 24.8 Å². The van der Waals surface area contributed by atoms with Crippen molar-refractivity contribution in [1.82, 2.24) is 20.1 Å². The van der Waals surface area contributed by atoms with E-state index in [0.29, 0.717) is 12.2 Å². The topological polar surface area (TPSA) is 75.1 Å². The number of aromatic nitrogens is 3. The first-order valence-corrected chi connectivity index (χ1v) is 8.44. The van der Waals surface area contributed by atoms with Crippen LogP contribution in [0.3, 0.4) is 0 Å². The normalized spacial score (nSPS) is 14.5. The molecule has 3 heterocycles. The number of pyridine rings is 1. The minimum Gasteiger partial charge on any atom is -0.357 e. The zero-order chi connectivity index (χ0) is 16.8. The van der Waals surface area contributed by atoms with E-state index < -0.39 is 0 Å². The summed E-state index contributed by atoms with van der Waals surface area (Å²) in [5.41, 5.74) is 1.81. The first-order chi connectivity index (χ1) is 11.7. The van der Waals surface area contributed by atoms with Gasteiger partial charge in [0, 0.05) is 32.9 Å². The van der Waals surface area contributed by atoms with Gasteiger partial charge in [0.05, 0.1) is 18.1 Å². The van der Waals surface area contributed by atoms with E-state index in [4.69, 9.17) is 0 Å². The molecule has 3 rings (SSSR count). The number of nitrogens with one attached hydrogen (secondary N) is 2. The summed E-state index contributed by atoms with van der Waals surface area (Å²) in [7, 11) is 1.88. The highest BCUT2D eigenvalue weighted by Gasteiger charge is 2.12. The lowest BCUT2D eigenvalue weighted by Gasteiger charge is -2.27. The van der Waals surface area contributed by atoms with Gasteiger partial charge in [0.25, 0.3) is 0 Å². The van der Waals surface area contributed by atoms with Crippen molar-refractivity contribution < 1.29 is 4.79 Å². The number of aryl methyl sites for hydroxylation is 1. The van der Waals surface area contributed by atoms with Crippen molar-refractivity contribution in [3.8, 4) is 0 Å². The van der Waals surface area contributed by atoms with Crippen LogP contribution in [0.5, 0.6) is 0 Å². The Hall–Kier alpha value is -2.57. The molecular weight excluding hydrogens is 304 g/mol. The molecule has 128 valence electrons. The van der Waals surface area contributed by atoms with E-state index in [-0.39, 0.29) is 6.03 Å². The summed E-state index contributed by atoms with van der Waals surface area (Å²) in [4.78, 5) is 18.7. The molecule has 0 atom stereocenters. The number of anilines is 2. The second kappa shape index (κ2) is 7.81. The Balaban J connectivity index is 1.44. The third-order valence-electron chi connectivity index (χ3n) is 4.14. The fourth-order valence-corrected chi connectivity index (χ4v) is 2.87. The molecule has 2 N–H and O–H groups in total. The van der Waals surface area contributed by atoms with E-state index in [2.05, 4.69) is 25.6 Å². The van der Waals surface area contributed by atoms with Crippen LogP contribution in [0.15, 0.2) is 30.7 Å². The standard InChI is InChI=1S/C17H24N6O/c1-22-13-14(11-20-22)7-8-18-17(24)21-15-5-6-16(19-12-15)23-9-3-2-4-10-23/h5-6,11-13H,2-4,7-10H2,1H3,(H2,18,21,24). The molecule has 2 aromatic rings. The molecule has 2 aromatic heterocycles. The van der Waals surface area contributed by atoms with Crippen LogP contribution in [0.4, 0.5) is 16.3 Å². The van der Waals surface area contributed by atoms with Gasteiger partial charge in [-0.2, -0.15) is 5.10 Å². The zero-order valence-electron chi connectivity index (χ0n) is 14.0. The molecule has 0 aliphatic carbocycles. The highest BCUT2D eigenvalue weighted by molar-refractivity contribution is 5.89. The van der Waals surface area contributed by atoms with Gasteiger partial charge in [-0.3, -0.25) is 4.68 Å². The van der Waals surface area contributed by atoms with Gasteiger partial charge in [-0.25, -0.2) is 9.78 Å². The van der Waals surface area contributed by atoms with Gasteiger partial charge in [-0.15, -0.1) is 0 Å². The quantitative estimate of drug-likeness (QED) is 0.882. The average Bonchev–Trinajstić information content (AvgIpc) is 3.02. The first-order valence-electron chi connectivity index (χ1n) is 8.44. The Labute approximate surface area is 142 Å². The number of rotatable bonds is 5. The third kappa shape index (κ3) is 4.47. The molecule has 0 bridgehead atoms. The van der Waals surface area contributed by atoms with Gasteiger partial charge >= 0.3 is 6.03 Å². The SMILES string of the molecule is Cn1cc(CCNC(=O)Nc2ccc(N3CCCCC3)nc2)cn1. The molecule has 1 aliphatic rings. The molecule has 0 aromatic carbocycles. The van der Waals surface area contributed by atoms with Crippen LogP contribution >= 0.6 is 0 Å². The minimum absolute atomic E-state index is 0.216. The largest absolute Gasteiger partial charge is 0.357 e. The summed E-state index contributed by atoms with van der Waals surface area (Å²) in [6.45, 7) is 2.69. The van der Waals surface area contributed by atoms with E-state index >= 15 is 0 Å². The lowest BCUT2D eigenvalue weighted by molar-refractivity contribution is 0.252. The summed E-state index contributed by atoms with van der Waals surface area (Å²) >= 11 is 0. The smallest absolute Gasteiger partial charge is 0.319 e. The summed E-state index contributed by atoms with van der Waals surface area (Å²) in [5, 5.41) is 9.76. The van der Waals surface area contributed by atoms with Crippen LogP contribution in [-0.4, -0.2) is 40.4 Å². The van der Waals surface area contributed by atoms with Crippen molar-refractivity contribution in [3.05, 3.63) is 36.3 Å². The molecule has 1 fully saturated rings. The molecule has 1 aliphatic heterocycles. The number of urea groups is 1. The maximum atomic E-state index is 11.9. The van der Waals surface area contributed by atoms with Crippen LogP contribution in [0.2, 0.25) is 0 Å². The van der Waals surface area contributed by atoms with Gasteiger partial charge in [0.1, 0.15) is 5.82 Å². The first kappa shape index (κ1) is 16.3. The number of hydrogen-bond acceptors (Lipinski definition) is 4. The van der Waals surface area contributed by atoms with Gasteiger partial charge in [0.15, 0.2) is 0 Å². The Morgan fingerprint density at radius 3 is 2.71 bits per heavy atom. The molecule has 0 unspecified atom stereocenters. The monoisotopic (exact) mass is 328 g/mol. The van der Waals surface area contributed by atoms with E-state index in [0.717, 1.165) is 30.9 Å². The predicted octanol–water partition coefficient (Wildman–Crippen LogP) is 2.17. The second-order valence-corrected chi connectivity index (χ2v) is 6.11. The maximum Gasteiger partial charge on any atom is 0.319 e. The van der Waals surface area contributed by atoms with Crippen molar-refractivity contribution in [1.29, 1.82) is 0 Å². The van der Waals surface area contributed by atoms with Crippen LogP contribution in [0, 0.1) is 0 Å². The summed E-state index contributed by atoms with van der Waals surface area (Å²) in [6.07, 6.45) is 9.97. The number of piperidine rings is 1. The van der Waals surface area contributed by atoms with Crippen LogP contribution in [-0.2, 0) is 13.5 Å². The number of carbonyl (C=O) groups excluding carboxylic acids is 1. The molecular formula is C17H24N6O. The Morgan fingerprint density at radius 1 is 1.21 bits per heavy atom. The average molecular weight is 328 g/mol. The maximum absolute atomic E-state index is 11.9. The van der Waals surface area contributed by atoms with Gasteiger partial charge < -0.3 is 15.5 Å². The predicted molar refractivity (Wildman–Crippen MR) is 94.2 cm³/mol. The lowest BCUT2D eigenvalue weighted by atomic mass is 10.1. The highest BCUT2D eigenvalue weighted by atomic mass is 16.2. The van der Waals surface area contributed by atoms with E-state index in [1.165, 1.54) is 19.3 Å². The number of carbonyl (C=O) groups is 1. The van der Waals surface area contributed by atoms with Crippen LogP contribution in [0.25, 0.3) is 0 Å². The number of hydrogen-bond donors (Lipinski definition) is 2. The molecule has 0 spiro atoms. The molecule has 7 heteroatoms. The van der Waals surface area contributed by atoms with Crippen LogP contribution < -0.4 is 15.5 Å². The van der Waals surface area contributed by atoms with Gasteiger partial charge in [-0.05, 0) is 43.4 Å². The molecule has 7 nitrogen and oxygen atoms in total. The number of amides is 2. The summed E-state index contributed by atoms with van der Waals surface area (Å²) in [6, 6.07) is 3.65. The molecule has 2 amide bonds. The Bertz CT molecular complexity index is 660. The van der Waals surface area contributed by atoms with E-state index in [1.807, 2.05) is 31.6 Å². The minimum atomic E-state index is -0.216. The Morgan fingerprint density at radius 2 is 2.04 bits per heavy atom. The molecule has 1 saturated heterocycles. The molecule has 0 radical (unpaired) electrons. The fraction of sp³-hybridized carbons (Fsp3) is 0.471. The molecule has 0 saturated carbocycles. The van der Waals surface area contributed by atoms with Crippen molar-refractivity contribution in [2.24, 2.45) is 7.05 Å². The number of nitrogens with zero attached hydrogens (tertiary/aromatic N) is 4.